The quantitative estimate of drug-likeness (QED) is 0.290. The summed E-state index contributed by atoms with van der Waals surface area (Å²) in [6.07, 6.45) is 3.80. The van der Waals surface area contributed by atoms with Crippen LogP contribution in [0.25, 0.3) is 22.0 Å². The molecule has 1 aromatic heterocycles. The van der Waals surface area contributed by atoms with E-state index in [1.54, 1.807) is 24.3 Å². The van der Waals surface area contributed by atoms with Gasteiger partial charge in [-0.3, -0.25) is 14.7 Å². The van der Waals surface area contributed by atoms with Crippen molar-refractivity contribution < 1.29 is 4.79 Å². The van der Waals surface area contributed by atoms with Crippen LogP contribution < -0.4 is 5.32 Å². The van der Waals surface area contributed by atoms with Crippen molar-refractivity contribution >= 4 is 45.7 Å². The Morgan fingerprint density at radius 3 is 2.42 bits per heavy atom. The van der Waals surface area contributed by atoms with Crippen LogP contribution in [-0.2, 0) is 6.54 Å². The summed E-state index contributed by atoms with van der Waals surface area (Å²) >= 11 is 12.3. The molecule has 1 aliphatic heterocycles. The molecule has 3 aromatic carbocycles. The number of likely N-dealkylation sites (tertiary alicyclic amines) is 1. The standard InChI is InChI=1S/C30H29Cl2N3O/c1-19-4-3-5-20(2)35(19)18-26-12-10-23-16-25(13-15-29(23)33-26)34-30(36)22-8-6-21(7-9-22)27-14-11-24(31)17-28(27)32/h6-17,19-20H,3-5,18H2,1-2H3,(H,34,36)/t19-,20+. The lowest BCUT2D eigenvalue weighted by Crippen LogP contribution is -2.43. The molecule has 4 aromatic rings. The fraction of sp³-hybridized carbons (Fsp3) is 0.267. The second-order valence-corrected chi connectivity index (χ2v) is 10.5. The largest absolute Gasteiger partial charge is 0.322 e. The molecule has 0 unspecified atom stereocenters. The second-order valence-electron chi connectivity index (χ2n) is 9.67. The van der Waals surface area contributed by atoms with Crippen molar-refractivity contribution in [3.05, 3.63) is 94.1 Å². The molecule has 1 aliphatic rings. The van der Waals surface area contributed by atoms with Gasteiger partial charge in [-0.05, 0) is 80.8 Å². The van der Waals surface area contributed by atoms with E-state index >= 15 is 0 Å². The van der Waals surface area contributed by atoms with Crippen molar-refractivity contribution in [2.75, 3.05) is 5.32 Å². The third-order valence-electron chi connectivity index (χ3n) is 7.11. The number of fused-ring (bicyclic) bond motifs is 1. The Bertz CT molecular complexity index is 1390. The van der Waals surface area contributed by atoms with Gasteiger partial charge in [0.05, 0.1) is 11.2 Å². The highest BCUT2D eigenvalue weighted by Gasteiger charge is 2.24. The van der Waals surface area contributed by atoms with Crippen LogP contribution in [0.4, 0.5) is 5.69 Å². The molecule has 2 atom stereocenters. The number of pyridine rings is 1. The van der Waals surface area contributed by atoms with Gasteiger partial charge in [0.1, 0.15) is 0 Å². The maximum absolute atomic E-state index is 12.9. The van der Waals surface area contributed by atoms with Crippen LogP contribution >= 0.6 is 23.2 Å². The van der Waals surface area contributed by atoms with Crippen molar-refractivity contribution in [2.24, 2.45) is 0 Å². The first kappa shape index (κ1) is 24.8. The van der Waals surface area contributed by atoms with Crippen LogP contribution in [0.2, 0.25) is 10.0 Å². The van der Waals surface area contributed by atoms with Gasteiger partial charge in [0.2, 0.25) is 0 Å². The predicted octanol–water partition coefficient (Wildman–Crippen LogP) is 8.22. The van der Waals surface area contributed by atoms with Gasteiger partial charge in [0.15, 0.2) is 0 Å². The van der Waals surface area contributed by atoms with Gasteiger partial charge >= 0.3 is 0 Å². The number of anilines is 1. The maximum atomic E-state index is 12.9. The lowest BCUT2D eigenvalue weighted by atomic mass is 9.97. The van der Waals surface area contributed by atoms with Crippen LogP contribution in [0.15, 0.2) is 72.8 Å². The number of nitrogens with one attached hydrogen (secondary N) is 1. The summed E-state index contributed by atoms with van der Waals surface area (Å²) in [6.45, 7) is 5.49. The Labute approximate surface area is 222 Å². The van der Waals surface area contributed by atoms with Gasteiger partial charge in [-0.2, -0.15) is 0 Å². The summed E-state index contributed by atoms with van der Waals surface area (Å²) in [5.74, 6) is -0.166. The summed E-state index contributed by atoms with van der Waals surface area (Å²) in [7, 11) is 0. The van der Waals surface area contributed by atoms with Crippen molar-refractivity contribution in [1.82, 2.24) is 9.88 Å². The van der Waals surface area contributed by atoms with Crippen LogP contribution in [0.3, 0.4) is 0 Å². The molecule has 0 radical (unpaired) electrons. The second kappa shape index (κ2) is 10.6. The summed E-state index contributed by atoms with van der Waals surface area (Å²) < 4.78 is 0. The zero-order chi connectivity index (χ0) is 25.2. The van der Waals surface area contributed by atoms with Crippen LogP contribution in [0, 0.1) is 0 Å². The average molecular weight is 518 g/mol. The van der Waals surface area contributed by atoms with E-state index in [4.69, 9.17) is 28.2 Å². The van der Waals surface area contributed by atoms with Gasteiger partial charge in [-0.1, -0.05) is 53.9 Å². The molecular weight excluding hydrogens is 489 g/mol. The monoisotopic (exact) mass is 517 g/mol. The first-order chi connectivity index (χ1) is 17.4. The van der Waals surface area contributed by atoms with E-state index in [1.165, 1.54) is 19.3 Å². The molecule has 1 N–H and O–H groups in total. The van der Waals surface area contributed by atoms with E-state index < -0.39 is 0 Å². The van der Waals surface area contributed by atoms with E-state index in [1.807, 2.05) is 36.4 Å². The Morgan fingerprint density at radius 1 is 0.944 bits per heavy atom. The van der Waals surface area contributed by atoms with E-state index in [2.05, 4.69) is 36.2 Å². The summed E-state index contributed by atoms with van der Waals surface area (Å²) in [5, 5.41) is 5.17. The Morgan fingerprint density at radius 2 is 1.69 bits per heavy atom. The van der Waals surface area contributed by atoms with Crippen LogP contribution in [0.5, 0.6) is 0 Å². The zero-order valence-corrected chi connectivity index (χ0v) is 22.0. The highest BCUT2D eigenvalue weighted by molar-refractivity contribution is 6.36. The van der Waals surface area contributed by atoms with Crippen LogP contribution in [0.1, 0.15) is 49.2 Å². The minimum Gasteiger partial charge on any atom is -0.322 e. The van der Waals surface area contributed by atoms with E-state index in [0.717, 1.165) is 40.0 Å². The number of rotatable bonds is 5. The summed E-state index contributed by atoms with van der Waals surface area (Å²) in [5.41, 5.74) is 5.13. The molecule has 2 heterocycles. The molecule has 0 aliphatic carbocycles. The summed E-state index contributed by atoms with van der Waals surface area (Å²) in [4.78, 5) is 20.3. The van der Waals surface area contributed by atoms with Crippen LogP contribution in [-0.4, -0.2) is 27.9 Å². The molecule has 184 valence electrons. The summed E-state index contributed by atoms with van der Waals surface area (Å²) in [6, 6.07) is 24.0. The topological polar surface area (TPSA) is 45.2 Å². The van der Waals surface area contributed by atoms with Crippen molar-refractivity contribution in [2.45, 2.75) is 51.7 Å². The van der Waals surface area contributed by atoms with Gasteiger partial charge in [0, 0.05) is 50.9 Å². The molecule has 36 heavy (non-hydrogen) atoms. The fourth-order valence-corrected chi connectivity index (χ4v) is 5.55. The number of benzene rings is 3. The Hall–Kier alpha value is -2.92. The third-order valence-corrected chi connectivity index (χ3v) is 7.66. The van der Waals surface area contributed by atoms with Crippen molar-refractivity contribution in [1.29, 1.82) is 0 Å². The molecule has 1 saturated heterocycles. The SMILES string of the molecule is C[C@@H]1CCC[C@H](C)N1Cc1ccc2cc(NC(=O)c3ccc(-c4ccc(Cl)cc4Cl)cc3)ccc2n1. The van der Waals surface area contributed by atoms with E-state index in [0.29, 0.717) is 27.7 Å². The molecule has 5 rings (SSSR count). The van der Waals surface area contributed by atoms with Gasteiger partial charge in [0.25, 0.3) is 5.91 Å². The first-order valence-electron chi connectivity index (χ1n) is 12.4. The highest BCUT2D eigenvalue weighted by Crippen LogP contribution is 2.31. The average Bonchev–Trinajstić information content (AvgIpc) is 2.86. The number of nitrogens with zero attached hydrogens (tertiary/aromatic N) is 2. The lowest BCUT2D eigenvalue weighted by molar-refractivity contribution is 0.0939. The minimum atomic E-state index is -0.166. The highest BCUT2D eigenvalue weighted by atomic mass is 35.5. The number of aromatic nitrogens is 1. The van der Waals surface area contributed by atoms with E-state index in [-0.39, 0.29) is 5.91 Å². The molecule has 0 bridgehead atoms. The van der Waals surface area contributed by atoms with Crippen molar-refractivity contribution in [3.8, 4) is 11.1 Å². The molecule has 0 saturated carbocycles. The Balaban J connectivity index is 1.28. The molecule has 4 nitrogen and oxygen atoms in total. The lowest BCUT2D eigenvalue weighted by Gasteiger charge is -2.38. The van der Waals surface area contributed by atoms with Crippen molar-refractivity contribution in [3.63, 3.8) is 0 Å². The number of piperidine rings is 1. The van der Waals surface area contributed by atoms with Gasteiger partial charge in [-0.15, -0.1) is 0 Å². The normalized spacial score (nSPS) is 18.3. The molecule has 6 heteroatoms. The number of amides is 1. The van der Waals surface area contributed by atoms with E-state index in [9.17, 15) is 4.79 Å². The minimum absolute atomic E-state index is 0.166. The van der Waals surface area contributed by atoms with Gasteiger partial charge < -0.3 is 5.32 Å². The smallest absolute Gasteiger partial charge is 0.255 e. The predicted molar refractivity (Wildman–Crippen MR) is 150 cm³/mol. The molecular formula is C30H29Cl2N3O. The Kier molecular flexibility index (Phi) is 7.29. The van der Waals surface area contributed by atoms with Gasteiger partial charge in [-0.25, -0.2) is 0 Å². The number of carbonyl (C=O) groups is 1. The maximum Gasteiger partial charge on any atom is 0.255 e. The molecule has 1 amide bonds. The number of carbonyl (C=O) groups excluding carboxylic acids is 1. The fourth-order valence-electron chi connectivity index (χ4n) is 5.04. The zero-order valence-electron chi connectivity index (χ0n) is 20.5. The number of halogens is 2. The third kappa shape index (κ3) is 5.41. The molecule has 0 spiro atoms. The first-order valence-corrected chi connectivity index (χ1v) is 13.2. The number of hydrogen-bond acceptors (Lipinski definition) is 3. The number of hydrogen-bond donors (Lipinski definition) is 1. The molecule has 1 fully saturated rings.